The highest BCUT2D eigenvalue weighted by molar-refractivity contribution is 14.1. The van der Waals surface area contributed by atoms with E-state index in [0.29, 0.717) is 11.3 Å². The van der Waals surface area contributed by atoms with Crippen molar-refractivity contribution >= 4 is 22.6 Å². The lowest BCUT2D eigenvalue weighted by atomic mass is 10.1. The number of rotatable bonds is 2. The molecule has 0 saturated carbocycles. The average molecular weight is 365 g/mol. The van der Waals surface area contributed by atoms with Gasteiger partial charge in [0.15, 0.2) is 0 Å². The molecule has 0 atom stereocenters. The zero-order valence-corrected chi connectivity index (χ0v) is 11.1. The number of hydrogen-bond acceptors (Lipinski definition) is 2. The van der Waals surface area contributed by atoms with Gasteiger partial charge >= 0.3 is 6.36 Å². The molecule has 1 heterocycles. The quantitative estimate of drug-likeness (QED) is 0.743. The van der Waals surface area contributed by atoms with Crippen LogP contribution in [0.2, 0.25) is 0 Å². The number of halogens is 4. The van der Waals surface area contributed by atoms with Gasteiger partial charge in [-0.3, -0.25) is 4.98 Å². The molecule has 0 aliphatic heterocycles. The third-order valence-electron chi connectivity index (χ3n) is 2.12. The highest BCUT2D eigenvalue weighted by Gasteiger charge is 2.32. The molecule has 0 N–H and O–H groups in total. The molecule has 1 aromatic heterocycles. The van der Waals surface area contributed by atoms with Crippen molar-refractivity contribution in [3.8, 4) is 17.0 Å². The summed E-state index contributed by atoms with van der Waals surface area (Å²) >= 11 is 2.07. The summed E-state index contributed by atoms with van der Waals surface area (Å²) in [7, 11) is 0. The Bertz CT molecular complexity index is 540. The van der Waals surface area contributed by atoms with Gasteiger partial charge in [-0.25, -0.2) is 0 Å². The number of benzene rings is 1. The van der Waals surface area contributed by atoms with Crippen LogP contribution in [-0.4, -0.2) is 11.3 Å². The lowest BCUT2D eigenvalue weighted by Gasteiger charge is -2.12. The number of alkyl halides is 3. The van der Waals surface area contributed by atoms with Gasteiger partial charge in [0.2, 0.25) is 0 Å². The number of nitrogens with zero attached hydrogens (tertiary/aromatic N) is 1. The van der Waals surface area contributed by atoms with Gasteiger partial charge in [0.05, 0.1) is 5.69 Å². The van der Waals surface area contributed by atoms with E-state index in [9.17, 15) is 13.2 Å². The molecule has 2 nitrogen and oxygen atoms in total. The van der Waals surface area contributed by atoms with Crippen molar-refractivity contribution in [1.29, 1.82) is 0 Å². The second kappa shape index (κ2) is 5.13. The highest BCUT2D eigenvalue weighted by atomic mass is 127. The number of pyridine rings is 1. The Morgan fingerprint density at radius 3 is 2.39 bits per heavy atom. The van der Waals surface area contributed by atoms with E-state index >= 15 is 0 Å². The zero-order chi connectivity index (χ0) is 13.2. The summed E-state index contributed by atoms with van der Waals surface area (Å²) in [6.45, 7) is 0. The highest BCUT2D eigenvalue weighted by Crippen LogP contribution is 2.32. The summed E-state index contributed by atoms with van der Waals surface area (Å²) in [5, 5.41) is 0. The van der Waals surface area contributed by atoms with Crippen LogP contribution in [-0.2, 0) is 0 Å². The van der Waals surface area contributed by atoms with E-state index in [4.69, 9.17) is 0 Å². The topological polar surface area (TPSA) is 22.1 Å². The van der Waals surface area contributed by atoms with Crippen LogP contribution in [0.25, 0.3) is 11.3 Å². The average Bonchev–Trinajstić information content (AvgIpc) is 2.29. The molecule has 0 bridgehead atoms. The van der Waals surface area contributed by atoms with Crippen LogP contribution in [0.1, 0.15) is 0 Å². The molecule has 94 valence electrons. The first-order valence-electron chi connectivity index (χ1n) is 4.92. The van der Waals surface area contributed by atoms with Crippen LogP contribution in [0.15, 0.2) is 42.6 Å². The van der Waals surface area contributed by atoms with Gasteiger partial charge in [0.1, 0.15) is 5.75 Å². The van der Waals surface area contributed by atoms with E-state index in [1.807, 2.05) is 0 Å². The molecule has 0 radical (unpaired) electrons. The zero-order valence-electron chi connectivity index (χ0n) is 8.91. The van der Waals surface area contributed by atoms with E-state index in [1.54, 1.807) is 24.4 Å². The van der Waals surface area contributed by atoms with Gasteiger partial charge in [-0.15, -0.1) is 13.2 Å². The molecular formula is C12H7F3INO. The summed E-state index contributed by atoms with van der Waals surface area (Å²) in [6.07, 6.45) is -3.13. The maximum Gasteiger partial charge on any atom is 0.573 e. The van der Waals surface area contributed by atoms with Crippen LogP contribution >= 0.6 is 22.6 Å². The lowest BCUT2D eigenvalue weighted by Crippen LogP contribution is -2.17. The third-order valence-corrected chi connectivity index (χ3v) is 2.75. The molecule has 0 spiro atoms. The van der Waals surface area contributed by atoms with E-state index in [0.717, 1.165) is 3.57 Å². The minimum atomic E-state index is -4.71. The summed E-state index contributed by atoms with van der Waals surface area (Å²) in [4.78, 5) is 4.08. The molecule has 2 aromatic rings. The molecule has 0 aliphatic carbocycles. The van der Waals surface area contributed by atoms with Crippen molar-refractivity contribution in [2.24, 2.45) is 0 Å². The van der Waals surface area contributed by atoms with E-state index in [-0.39, 0.29) is 5.75 Å². The van der Waals surface area contributed by atoms with Crippen molar-refractivity contribution < 1.29 is 17.9 Å². The predicted molar refractivity (Wildman–Crippen MR) is 69.1 cm³/mol. The Hall–Kier alpha value is -1.31. The van der Waals surface area contributed by atoms with Gasteiger partial charge in [0, 0.05) is 15.3 Å². The third kappa shape index (κ3) is 3.34. The molecular weight excluding hydrogens is 358 g/mol. The Balaban J connectivity index is 2.41. The maximum absolute atomic E-state index is 12.3. The van der Waals surface area contributed by atoms with Crippen LogP contribution in [0, 0.1) is 3.57 Å². The molecule has 0 amide bonds. The van der Waals surface area contributed by atoms with Crippen molar-refractivity contribution in [2.75, 3.05) is 0 Å². The second-order valence-corrected chi connectivity index (χ2v) is 4.65. The molecule has 18 heavy (non-hydrogen) atoms. The summed E-state index contributed by atoms with van der Waals surface area (Å²) in [6, 6.07) is 9.35. The van der Waals surface area contributed by atoms with Crippen LogP contribution in [0.3, 0.4) is 0 Å². The fourth-order valence-electron chi connectivity index (χ4n) is 1.43. The van der Waals surface area contributed by atoms with Crippen molar-refractivity contribution in [3.63, 3.8) is 0 Å². The van der Waals surface area contributed by atoms with Crippen LogP contribution in [0.5, 0.6) is 5.75 Å². The first kappa shape index (κ1) is 13.1. The first-order chi connectivity index (χ1) is 8.46. The monoisotopic (exact) mass is 365 g/mol. The van der Waals surface area contributed by atoms with Gasteiger partial charge in [0.25, 0.3) is 0 Å². The molecule has 0 aliphatic rings. The van der Waals surface area contributed by atoms with Gasteiger partial charge in [-0.2, -0.15) is 0 Å². The number of ether oxygens (including phenoxy) is 1. The van der Waals surface area contributed by atoms with E-state index in [2.05, 4.69) is 32.3 Å². The maximum atomic E-state index is 12.3. The molecule has 6 heteroatoms. The fourth-order valence-corrected chi connectivity index (χ4v) is 1.75. The Morgan fingerprint density at radius 1 is 1.06 bits per heavy atom. The molecule has 0 saturated heterocycles. The molecule has 0 unspecified atom stereocenters. The largest absolute Gasteiger partial charge is 0.573 e. The first-order valence-corrected chi connectivity index (χ1v) is 6.00. The SMILES string of the molecule is FC(F)(F)Oc1ccccc1-c1ccc(I)cn1. The minimum Gasteiger partial charge on any atom is -0.405 e. The summed E-state index contributed by atoms with van der Waals surface area (Å²) in [5.41, 5.74) is 0.751. The Morgan fingerprint density at radius 2 is 1.78 bits per heavy atom. The number of aromatic nitrogens is 1. The fraction of sp³-hybridized carbons (Fsp3) is 0.0833. The lowest BCUT2D eigenvalue weighted by molar-refractivity contribution is -0.274. The molecule has 2 rings (SSSR count). The van der Waals surface area contributed by atoms with Crippen LogP contribution < -0.4 is 4.74 Å². The van der Waals surface area contributed by atoms with Crippen molar-refractivity contribution in [1.82, 2.24) is 4.98 Å². The summed E-state index contributed by atoms with van der Waals surface area (Å²) < 4.78 is 41.7. The summed E-state index contributed by atoms with van der Waals surface area (Å²) in [5.74, 6) is -0.251. The van der Waals surface area contributed by atoms with E-state index in [1.165, 1.54) is 18.2 Å². The van der Waals surface area contributed by atoms with Gasteiger partial charge < -0.3 is 4.74 Å². The minimum absolute atomic E-state index is 0.251. The predicted octanol–water partition coefficient (Wildman–Crippen LogP) is 4.25. The van der Waals surface area contributed by atoms with Crippen molar-refractivity contribution in [2.45, 2.75) is 6.36 Å². The van der Waals surface area contributed by atoms with Crippen molar-refractivity contribution in [3.05, 3.63) is 46.2 Å². The Kier molecular flexibility index (Phi) is 3.74. The Labute approximate surface area is 115 Å². The standard InChI is InChI=1S/C12H7F3INO/c13-12(14,15)18-11-4-2-1-3-9(11)10-6-5-8(16)7-17-10/h1-7H. The van der Waals surface area contributed by atoms with Crippen LogP contribution in [0.4, 0.5) is 13.2 Å². The van der Waals surface area contributed by atoms with Gasteiger partial charge in [-0.05, 0) is 46.9 Å². The number of para-hydroxylation sites is 1. The van der Waals surface area contributed by atoms with E-state index < -0.39 is 6.36 Å². The second-order valence-electron chi connectivity index (χ2n) is 3.41. The normalized spacial score (nSPS) is 11.3. The smallest absolute Gasteiger partial charge is 0.405 e. The molecule has 1 aromatic carbocycles. The van der Waals surface area contributed by atoms with Gasteiger partial charge in [-0.1, -0.05) is 12.1 Å². The molecule has 0 fully saturated rings. The number of hydrogen-bond donors (Lipinski definition) is 0.